The predicted octanol–water partition coefficient (Wildman–Crippen LogP) is 3.83. The minimum atomic E-state index is -0.516. The first kappa shape index (κ1) is 30.4. The van der Waals surface area contributed by atoms with Crippen LogP contribution in [0.1, 0.15) is 29.5 Å². The lowest BCUT2D eigenvalue weighted by Crippen LogP contribution is -2.74. The highest BCUT2D eigenvalue weighted by atomic mass is 16.5. The molecule has 1 saturated carbocycles. The Morgan fingerprint density at radius 1 is 0.561 bits per heavy atom. The summed E-state index contributed by atoms with van der Waals surface area (Å²) in [6, 6.07) is 33.2. The van der Waals surface area contributed by atoms with Crippen molar-refractivity contribution in [3.8, 4) is 12.1 Å². The number of nitrogens with zero attached hydrogens (tertiary/aromatic N) is 2. The number of hydrogen-bond acceptors (Lipinski definition) is 8. The third-order valence-corrected chi connectivity index (χ3v) is 7.26. The van der Waals surface area contributed by atoms with Gasteiger partial charge in [0.15, 0.2) is 0 Å². The molecule has 2 unspecified atom stereocenters. The van der Waals surface area contributed by atoms with Crippen molar-refractivity contribution in [3.05, 3.63) is 108 Å². The highest BCUT2D eigenvalue weighted by Gasteiger charge is 2.51. The maximum absolute atomic E-state index is 9.26. The van der Waals surface area contributed by atoms with Gasteiger partial charge in [0.2, 0.25) is 0 Å². The van der Waals surface area contributed by atoms with E-state index in [0.29, 0.717) is 45.8 Å². The topological polar surface area (TPSA) is 125 Å². The zero-order chi connectivity index (χ0) is 28.7. The monoisotopic (exact) mass is 553 g/mol. The summed E-state index contributed by atoms with van der Waals surface area (Å²) in [6.07, 6.45) is -0.686. The largest absolute Gasteiger partial charge is 0.370 e. The summed E-state index contributed by atoms with van der Waals surface area (Å²) in [5.41, 5.74) is 10.1. The predicted molar refractivity (Wildman–Crippen MR) is 157 cm³/mol. The molecule has 3 aromatic carbocycles. The van der Waals surface area contributed by atoms with Crippen LogP contribution in [0.4, 0.5) is 0 Å². The molecule has 0 bridgehead atoms. The normalized spacial score (nSPS) is 23.9. The van der Waals surface area contributed by atoms with E-state index < -0.39 is 24.4 Å². The Morgan fingerprint density at radius 2 is 0.902 bits per heavy atom. The molecule has 0 heterocycles. The summed E-state index contributed by atoms with van der Waals surface area (Å²) in [6.45, 7) is 2.05. The van der Waals surface area contributed by atoms with Crippen molar-refractivity contribution in [1.29, 1.82) is 10.5 Å². The fourth-order valence-corrected chi connectivity index (χ4v) is 5.25. The van der Waals surface area contributed by atoms with Gasteiger partial charge in [-0.2, -0.15) is 10.5 Å². The Balaban J connectivity index is 1.65. The summed E-state index contributed by atoms with van der Waals surface area (Å²) in [7, 11) is 0. The third-order valence-electron chi connectivity index (χ3n) is 7.26. The molecule has 0 radical (unpaired) electrons. The molecule has 1 fully saturated rings. The molecule has 41 heavy (non-hydrogen) atoms. The minimum Gasteiger partial charge on any atom is -0.370 e. The number of nitriles is 2. The third kappa shape index (κ3) is 8.94. The highest BCUT2D eigenvalue weighted by molar-refractivity contribution is 5.17. The maximum atomic E-state index is 9.26. The van der Waals surface area contributed by atoms with Gasteiger partial charge in [-0.15, -0.1) is 0 Å². The summed E-state index contributed by atoms with van der Waals surface area (Å²) in [4.78, 5) is 0. The lowest BCUT2D eigenvalue weighted by atomic mass is 9.79. The second-order valence-electron chi connectivity index (χ2n) is 10.1. The summed E-state index contributed by atoms with van der Waals surface area (Å²) < 4.78 is 19.8. The van der Waals surface area contributed by atoms with Crippen molar-refractivity contribution in [2.75, 3.05) is 13.1 Å². The molecule has 0 aliphatic heterocycles. The first-order chi connectivity index (χ1) is 20.2. The van der Waals surface area contributed by atoms with Crippen LogP contribution < -0.4 is 16.4 Å². The van der Waals surface area contributed by atoms with E-state index in [1.165, 1.54) is 0 Å². The molecule has 0 aromatic heterocycles. The molecule has 4 rings (SSSR count). The molecule has 0 spiro atoms. The van der Waals surface area contributed by atoms with Gasteiger partial charge in [0.05, 0.1) is 68.4 Å². The fourth-order valence-electron chi connectivity index (χ4n) is 5.25. The van der Waals surface area contributed by atoms with Crippen LogP contribution in [0.3, 0.4) is 0 Å². The van der Waals surface area contributed by atoms with Crippen LogP contribution in [0.2, 0.25) is 0 Å². The zero-order valence-corrected chi connectivity index (χ0v) is 23.3. The molecular formula is C33H39N5O3. The number of ether oxygens (including phenoxy) is 3. The van der Waals surface area contributed by atoms with Gasteiger partial charge in [-0.1, -0.05) is 91.0 Å². The molecule has 4 N–H and O–H groups in total. The van der Waals surface area contributed by atoms with E-state index in [4.69, 9.17) is 19.9 Å². The average Bonchev–Trinajstić information content (AvgIpc) is 3.02. The number of nitrogens with one attached hydrogen (secondary N) is 2. The van der Waals surface area contributed by atoms with Crippen LogP contribution in [0.15, 0.2) is 91.0 Å². The van der Waals surface area contributed by atoms with Gasteiger partial charge < -0.3 is 30.6 Å². The van der Waals surface area contributed by atoms with Gasteiger partial charge in [-0.3, -0.25) is 0 Å². The molecule has 8 nitrogen and oxygen atoms in total. The number of benzene rings is 3. The minimum absolute atomic E-state index is 0.332. The highest BCUT2D eigenvalue weighted by Crippen LogP contribution is 2.29. The first-order valence-corrected chi connectivity index (χ1v) is 14.1. The first-order valence-electron chi connectivity index (χ1n) is 14.1. The molecule has 0 amide bonds. The van der Waals surface area contributed by atoms with Crippen molar-refractivity contribution in [2.24, 2.45) is 5.73 Å². The van der Waals surface area contributed by atoms with E-state index in [0.717, 1.165) is 16.7 Å². The number of hydrogen-bond donors (Lipinski definition) is 3. The Bertz CT molecular complexity index is 1160. The van der Waals surface area contributed by atoms with Gasteiger partial charge in [-0.25, -0.2) is 0 Å². The molecule has 1 aliphatic carbocycles. The Kier molecular flexibility index (Phi) is 12.3. The van der Waals surface area contributed by atoms with E-state index in [-0.39, 0.29) is 12.1 Å². The maximum Gasteiger partial charge on any atom is 0.0937 e. The van der Waals surface area contributed by atoms with Crippen molar-refractivity contribution in [1.82, 2.24) is 10.6 Å². The molecule has 1 aliphatic rings. The van der Waals surface area contributed by atoms with Crippen LogP contribution in [-0.2, 0) is 34.0 Å². The lowest BCUT2D eigenvalue weighted by Gasteiger charge is -2.50. The molecular weight excluding hydrogens is 514 g/mol. The standard InChI is InChI=1S/C33H39N5O3/c34-18-10-20-37-29-31(39-22-25-12-4-1-5-13-25)28(36)32(40-23-26-14-6-2-7-15-26)30(38-21-11-19-35)33(29)41-24-27-16-8-3-9-17-27/h1-9,12-17,28-33,37-38H,10-11,20-24,36H2/t28?,29-,30+,31-,32+,33?. The van der Waals surface area contributed by atoms with Gasteiger partial charge >= 0.3 is 0 Å². The molecule has 214 valence electrons. The van der Waals surface area contributed by atoms with E-state index in [2.05, 4.69) is 22.8 Å². The second-order valence-corrected chi connectivity index (χ2v) is 10.1. The zero-order valence-electron chi connectivity index (χ0n) is 23.3. The number of nitrogens with two attached hydrogens (primary N) is 1. The van der Waals surface area contributed by atoms with E-state index in [1.807, 2.05) is 91.0 Å². The van der Waals surface area contributed by atoms with Gasteiger partial charge in [0, 0.05) is 25.9 Å². The van der Waals surface area contributed by atoms with E-state index in [1.54, 1.807) is 0 Å². The molecule has 6 atom stereocenters. The van der Waals surface area contributed by atoms with E-state index in [9.17, 15) is 10.5 Å². The van der Waals surface area contributed by atoms with Crippen molar-refractivity contribution < 1.29 is 14.2 Å². The molecule has 0 saturated heterocycles. The van der Waals surface area contributed by atoms with Gasteiger partial charge in [0.25, 0.3) is 0 Å². The van der Waals surface area contributed by atoms with Crippen LogP contribution in [-0.4, -0.2) is 49.5 Å². The number of rotatable bonds is 15. The van der Waals surface area contributed by atoms with Crippen molar-refractivity contribution >= 4 is 0 Å². The van der Waals surface area contributed by atoms with Crippen molar-refractivity contribution in [3.63, 3.8) is 0 Å². The summed E-state index contributed by atoms with van der Waals surface area (Å²) in [5.74, 6) is 0. The van der Waals surface area contributed by atoms with Gasteiger partial charge in [-0.05, 0) is 16.7 Å². The van der Waals surface area contributed by atoms with E-state index >= 15 is 0 Å². The quantitative estimate of drug-likeness (QED) is 0.243. The van der Waals surface area contributed by atoms with Crippen LogP contribution in [0.5, 0.6) is 0 Å². The Labute approximate surface area is 243 Å². The smallest absolute Gasteiger partial charge is 0.0937 e. The van der Waals surface area contributed by atoms with Crippen LogP contribution in [0, 0.1) is 22.7 Å². The summed E-state index contributed by atoms with van der Waals surface area (Å²) in [5, 5.41) is 25.6. The lowest BCUT2D eigenvalue weighted by molar-refractivity contribution is -0.157. The summed E-state index contributed by atoms with van der Waals surface area (Å²) >= 11 is 0. The molecule has 3 aromatic rings. The Morgan fingerprint density at radius 3 is 1.24 bits per heavy atom. The fraction of sp³-hybridized carbons (Fsp3) is 0.394. The Hall–Kier alpha value is -3.60. The van der Waals surface area contributed by atoms with Crippen LogP contribution >= 0.6 is 0 Å². The second kappa shape index (κ2) is 16.6. The average molecular weight is 554 g/mol. The van der Waals surface area contributed by atoms with Crippen molar-refractivity contribution in [2.45, 2.75) is 69.1 Å². The van der Waals surface area contributed by atoms with Gasteiger partial charge in [0.1, 0.15) is 0 Å². The van der Waals surface area contributed by atoms with Crippen LogP contribution in [0.25, 0.3) is 0 Å². The molecule has 8 heteroatoms. The SMILES string of the molecule is N#CCCN[C@@H]1C(OCc2ccccc2)[C@H](NCCC#N)[C@H](OCc2ccccc2)C(N)[C@@H]1OCc1ccccc1.